The van der Waals surface area contributed by atoms with E-state index in [4.69, 9.17) is 4.84 Å². The van der Waals surface area contributed by atoms with Crippen LogP contribution in [0, 0.1) is 0 Å². The molecule has 4 aromatic rings. The summed E-state index contributed by atoms with van der Waals surface area (Å²) in [7, 11) is 4.00. The van der Waals surface area contributed by atoms with Crippen LogP contribution in [0.5, 0.6) is 0 Å². The van der Waals surface area contributed by atoms with Crippen LogP contribution >= 0.6 is 0 Å². The molecule has 0 radical (unpaired) electrons. The van der Waals surface area contributed by atoms with Crippen LogP contribution in [0.15, 0.2) is 120 Å². The maximum absolute atomic E-state index is 14.3. The lowest BCUT2D eigenvalue weighted by atomic mass is 9.90. The van der Waals surface area contributed by atoms with Gasteiger partial charge in [-0.3, -0.25) is 9.69 Å². The van der Waals surface area contributed by atoms with Gasteiger partial charge in [-0.1, -0.05) is 96.2 Å². The Morgan fingerprint density at radius 1 is 0.765 bits per heavy atom. The second-order valence-electron chi connectivity index (χ2n) is 8.32. The fourth-order valence-corrected chi connectivity index (χ4v) is 4.22. The van der Waals surface area contributed by atoms with E-state index in [1.54, 1.807) is 0 Å². The van der Waals surface area contributed by atoms with Crippen LogP contribution in [0.2, 0.25) is 0 Å². The van der Waals surface area contributed by atoms with Crippen LogP contribution < -0.4 is 9.80 Å². The molecule has 0 spiro atoms. The van der Waals surface area contributed by atoms with E-state index in [2.05, 4.69) is 5.16 Å². The average molecular weight is 448 g/mol. The molecule has 5 heteroatoms. The first kappa shape index (κ1) is 21.5. The third kappa shape index (κ3) is 3.61. The predicted molar refractivity (Wildman–Crippen MR) is 136 cm³/mol. The Morgan fingerprint density at radius 3 is 1.91 bits per heavy atom. The Balaban J connectivity index is 1.74. The highest BCUT2D eigenvalue weighted by Crippen LogP contribution is 2.43. The molecule has 0 aliphatic carbocycles. The SMILES string of the molecule is CN(C)c1ccc(N2C(c3ccccc3)=NOC2(C(=O)c2ccccc2)c2ccccc2)cc1. The number of benzene rings is 4. The Labute approximate surface area is 199 Å². The molecule has 1 atom stereocenters. The highest BCUT2D eigenvalue weighted by Gasteiger charge is 2.55. The summed E-state index contributed by atoms with van der Waals surface area (Å²) in [5.41, 5.74) is 2.48. The molecule has 0 N–H and O–H groups in total. The zero-order valence-corrected chi connectivity index (χ0v) is 19.1. The molecule has 1 heterocycles. The average Bonchev–Trinajstić information content (AvgIpc) is 3.31. The van der Waals surface area contributed by atoms with Crippen molar-refractivity contribution >= 4 is 23.0 Å². The topological polar surface area (TPSA) is 45.1 Å². The van der Waals surface area contributed by atoms with Gasteiger partial charge in [-0.25, -0.2) is 0 Å². The minimum Gasteiger partial charge on any atom is -0.378 e. The van der Waals surface area contributed by atoms with Gasteiger partial charge in [0.1, 0.15) is 0 Å². The summed E-state index contributed by atoms with van der Waals surface area (Å²) in [5, 5.41) is 4.51. The van der Waals surface area contributed by atoms with Crippen LogP contribution in [0.25, 0.3) is 0 Å². The van der Waals surface area contributed by atoms with Crippen molar-refractivity contribution in [1.82, 2.24) is 0 Å². The third-order valence-electron chi connectivity index (χ3n) is 5.96. The number of ketones is 1. The van der Waals surface area contributed by atoms with Gasteiger partial charge < -0.3 is 9.74 Å². The molecular weight excluding hydrogens is 422 g/mol. The van der Waals surface area contributed by atoms with Crippen LogP contribution in [-0.4, -0.2) is 25.7 Å². The third-order valence-corrected chi connectivity index (χ3v) is 5.96. The molecule has 0 saturated heterocycles. The van der Waals surface area contributed by atoms with Gasteiger partial charge in [-0.2, -0.15) is 0 Å². The standard InChI is InChI=1S/C29H25N3O2/c1-31(2)25-18-20-26(21-19-25)32-28(23-14-8-4-9-15-23)30-34-29(32,24-16-10-5-11-17-24)27(33)22-12-6-3-7-13-22/h3-21H,1-2H3. The number of amidine groups is 1. The van der Waals surface area contributed by atoms with Crippen molar-refractivity contribution < 1.29 is 9.63 Å². The van der Waals surface area contributed by atoms with Crippen molar-refractivity contribution in [2.45, 2.75) is 5.72 Å². The number of oxime groups is 1. The first-order valence-electron chi connectivity index (χ1n) is 11.2. The van der Waals surface area contributed by atoms with E-state index in [0.29, 0.717) is 17.0 Å². The number of anilines is 2. The highest BCUT2D eigenvalue weighted by atomic mass is 16.7. The van der Waals surface area contributed by atoms with Gasteiger partial charge in [-0.15, -0.1) is 0 Å². The number of rotatable bonds is 6. The molecule has 0 aromatic heterocycles. The molecule has 5 rings (SSSR count). The van der Waals surface area contributed by atoms with Crippen molar-refractivity contribution in [3.05, 3.63) is 132 Å². The summed E-state index contributed by atoms with van der Waals surface area (Å²) >= 11 is 0. The van der Waals surface area contributed by atoms with Crippen molar-refractivity contribution in [2.75, 3.05) is 23.9 Å². The number of nitrogens with zero attached hydrogens (tertiary/aromatic N) is 3. The second kappa shape index (κ2) is 8.87. The zero-order chi connectivity index (χ0) is 23.5. The summed E-state index contributed by atoms with van der Waals surface area (Å²) < 4.78 is 0. The predicted octanol–water partition coefficient (Wildman–Crippen LogP) is 5.69. The summed E-state index contributed by atoms with van der Waals surface area (Å²) in [6.45, 7) is 0. The van der Waals surface area contributed by atoms with Gasteiger partial charge in [0.05, 0.1) is 0 Å². The molecule has 4 aromatic carbocycles. The highest BCUT2D eigenvalue weighted by molar-refractivity contribution is 6.18. The Hall–Kier alpha value is -4.38. The van der Waals surface area contributed by atoms with Crippen molar-refractivity contribution in [3.8, 4) is 0 Å². The Kier molecular flexibility index (Phi) is 5.60. The first-order valence-corrected chi connectivity index (χ1v) is 11.2. The minimum atomic E-state index is -1.49. The molecule has 1 unspecified atom stereocenters. The molecule has 5 nitrogen and oxygen atoms in total. The van der Waals surface area contributed by atoms with E-state index < -0.39 is 5.72 Å². The van der Waals surface area contributed by atoms with E-state index in [1.807, 2.05) is 139 Å². The number of hydrogen-bond donors (Lipinski definition) is 0. The van der Waals surface area contributed by atoms with Crippen molar-refractivity contribution in [2.24, 2.45) is 5.16 Å². The van der Waals surface area contributed by atoms with E-state index in [-0.39, 0.29) is 5.78 Å². The summed E-state index contributed by atoms with van der Waals surface area (Å²) in [5.74, 6) is 0.386. The second-order valence-corrected chi connectivity index (χ2v) is 8.32. The Morgan fingerprint density at radius 2 is 1.32 bits per heavy atom. The normalized spacial score (nSPS) is 17.1. The van der Waals surface area contributed by atoms with Crippen LogP contribution in [0.4, 0.5) is 11.4 Å². The molecule has 0 amide bonds. The lowest BCUT2D eigenvalue weighted by Crippen LogP contribution is -2.52. The molecular formula is C29H25N3O2. The van der Waals surface area contributed by atoms with Gasteiger partial charge in [0.15, 0.2) is 5.84 Å². The van der Waals surface area contributed by atoms with Crippen LogP contribution in [-0.2, 0) is 10.6 Å². The fourth-order valence-electron chi connectivity index (χ4n) is 4.22. The van der Waals surface area contributed by atoms with Gasteiger partial charge in [0.25, 0.3) is 0 Å². The van der Waals surface area contributed by atoms with E-state index >= 15 is 0 Å². The summed E-state index contributed by atoms with van der Waals surface area (Å²) in [4.78, 5) is 24.4. The van der Waals surface area contributed by atoms with Crippen molar-refractivity contribution in [1.29, 1.82) is 0 Å². The molecule has 1 aliphatic rings. The molecule has 168 valence electrons. The lowest BCUT2D eigenvalue weighted by Gasteiger charge is -2.36. The van der Waals surface area contributed by atoms with Gasteiger partial charge in [-0.05, 0) is 24.3 Å². The van der Waals surface area contributed by atoms with Crippen LogP contribution in [0.3, 0.4) is 0 Å². The smallest absolute Gasteiger partial charge is 0.304 e. The molecule has 0 bridgehead atoms. The first-order chi connectivity index (χ1) is 16.6. The van der Waals surface area contributed by atoms with Gasteiger partial charge >= 0.3 is 5.72 Å². The van der Waals surface area contributed by atoms with E-state index in [1.165, 1.54) is 0 Å². The van der Waals surface area contributed by atoms with Gasteiger partial charge in [0.2, 0.25) is 5.78 Å². The number of Topliss-reactive ketones (excluding diaryl/α,β-unsaturated/α-hetero) is 1. The summed E-state index contributed by atoms with van der Waals surface area (Å²) in [6, 6.07) is 36.6. The lowest BCUT2D eigenvalue weighted by molar-refractivity contribution is -0.00648. The Bertz CT molecular complexity index is 1300. The number of carbonyl (C=O) groups excluding carboxylic acids is 1. The molecule has 1 aliphatic heterocycles. The summed E-state index contributed by atoms with van der Waals surface area (Å²) in [6.07, 6.45) is 0. The van der Waals surface area contributed by atoms with Crippen LogP contribution in [0.1, 0.15) is 21.5 Å². The fraction of sp³-hybridized carbons (Fsp3) is 0.103. The molecule has 0 saturated carbocycles. The monoisotopic (exact) mass is 447 g/mol. The van der Waals surface area contributed by atoms with Gasteiger partial charge in [0, 0.05) is 42.2 Å². The van der Waals surface area contributed by atoms with E-state index in [0.717, 1.165) is 16.9 Å². The van der Waals surface area contributed by atoms with E-state index in [9.17, 15) is 4.79 Å². The quantitative estimate of drug-likeness (QED) is 0.357. The van der Waals surface area contributed by atoms with Crippen molar-refractivity contribution in [3.63, 3.8) is 0 Å². The number of carbonyl (C=O) groups is 1. The maximum Gasteiger partial charge on any atom is 0.304 e. The maximum atomic E-state index is 14.3. The largest absolute Gasteiger partial charge is 0.378 e. The minimum absolute atomic E-state index is 0.189. The zero-order valence-electron chi connectivity index (χ0n) is 19.1. The number of hydrogen-bond acceptors (Lipinski definition) is 5. The molecule has 34 heavy (non-hydrogen) atoms. The molecule has 0 fully saturated rings.